The zero-order valence-electron chi connectivity index (χ0n) is 22.4. The Kier molecular flexibility index (Phi) is 6.77. The number of hydrogen-bond acceptors (Lipinski definition) is 3. The molecule has 3 aromatic rings. The molecule has 1 aromatic heterocycles. The molecule has 0 fully saturated rings. The summed E-state index contributed by atoms with van der Waals surface area (Å²) in [5, 5.41) is 0. The molecule has 1 aliphatic rings. The van der Waals surface area contributed by atoms with E-state index < -0.39 is 5.97 Å². The first-order valence-electron chi connectivity index (χ1n) is 12.3. The summed E-state index contributed by atoms with van der Waals surface area (Å²) < 4.78 is 7.56. The van der Waals surface area contributed by atoms with Crippen LogP contribution in [-0.2, 0) is 14.3 Å². The Balaban J connectivity index is 1.86. The number of allylic oxidation sites excluding steroid dienone is 1. The van der Waals surface area contributed by atoms with Gasteiger partial charge >= 0.3 is 5.97 Å². The molecule has 0 radical (unpaired) electrons. The van der Waals surface area contributed by atoms with Crippen LogP contribution in [0.25, 0.3) is 11.8 Å². The molecule has 1 amide bonds. The number of esters is 1. The number of ether oxygens (including phenoxy) is 1. The highest BCUT2D eigenvalue weighted by Crippen LogP contribution is 2.37. The lowest BCUT2D eigenvalue weighted by Gasteiger charge is -2.19. The van der Waals surface area contributed by atoms with Gasteiger partial charge in [-0.2, -0.15) is 0 Å². The number of carbonyl (C=O) groups excluding carboxylic acids is 2. The van der Waals surface area contributed by atoms with Crippen molar-refractivity contribution in [3.8, 4) is 5.69 Å². The molecule has 0 saturated heterocycles. The Morgan fingerprint density at radius 2 is 1.53 bits per heavy atom. The number of nitrogens with zero attached hydrogens (tertiary/aromatic N) is 2. The molecule has 36 heavy (non-hydrogen) atoms. The van der Waals surface area contributed by atoms with Gasteiger partial charge in [-0.3, -0.25) is 9.69 Å². The summed E-state index contributed by atoms with van der Waals surface area (Å²) in [6.07, 6.45) is 1.83. The Morgan fingerprint density at radius 1 is 0.861 bits per heavy atom. The Morgan fingerprint density at radius 3 is 2.14 bits per heavy atom. The van der Waals surface area contributed by atoms with E-state index in [0.717, 1.165) is 39.5 Å². The number of hydrogen-bond donors (Lipinski definition) is 0. The molecule has 1 aliphatic heterocycles. The van der Waals surface area contributed by atoms with Gasteiger partial charge in [-0.05, 0) is 120 Å². The molecule has 5 nitrogen and oxygen atoms in total. The SMILES string of the molecule is CCOC(=O)C1=C(C)N(c2ccc(C)c(C)c2)C(=O)/C1=C\c1cc(C)n(-c2cc(C)cc(C)c2)c1C. The number of aromatic nitrogens is 1. The monoisotopic (exact) mass is 482 g/mol. The third-order valence-corrected chi connectivity index (χ3v) is 6.86. The van der Waals surface area contributed by atoms with E-state index in [1.807, 2.05) is 45.0 Å². The maximum atomic E-state index is 13.8. The summed E-state index contributed by atoms with van der Waals surface area (Å²) in [4.78, 5) is 28.5. The lowest BCUT2D eigenvalue weighted by molar-refractivity contribution is -0.138. The Hall–Kier alpha value is -3.86. The molecule has 5 heteroatoms. The molecule has 0 N–H and O–H groups in total. The molecule has 2 aromatic carbocycles. The highest BCUT2D eigenvalue weighted by molar-refractivity contribution is 6.24. The normalized spacial score (nSPS) is 14.8. The van der Waals surface area contributed by atoms with Crippen LogP contribution in [-0.4, -0.2) is 23.1 Å². The van der Waals surface area contributed by atoms with Crippen LogP contribution < -0.4 is 4.90 Å². The molecule has 186 valence electrons. The third-order valence-electron chi connectivity index (χ3n) is 6.86. The molecule has 2 heterocycles. The largest absolute Gasteiger partial charge is 0.462 e. The zero-order chi connectivity index (χ0) is 26.3. The quantitative estimate of drug-likeness (QED) is 0.304. The minimum absolute atomic E-state index is 0.227. The summed E-state index contributed by atoms with van der Waals surface area (Å²) in [6, 6.07) is 14.4. The van der Waals surface area contributed by atoms with E-state index in [9.17, 15) is 9.59 Å². The standard InChI is InChI=1S/C31H34N2O3/c1-9-36-31(35)29-24(8)33(26-11-10-20(4)21(5)15-26)30(34)28(29)17-25-16-22(6)32(23(25)7)27-13-18(2)12-19(3)14-27/h10-17H,9H2,1-8H3/b28-17-. The van der Waals surface area contributed by atoms with E-state index in [2.05, 4.69) is 49.6 Å². The maximum absolute atomic E-state index is 13.8. The summed E-state index contributed by atoms with van der Waals surface area (Å²) in [5.41, 5.74) is 10.6. The molecule has 4 rings (SSSR count). The molecular weight excluding hydrogens is 448 g/mol. The van der Waals surface area contributed by atoms with Crippen molar-refractivity contribution in [2.75, 3.05) is 11.5 Å². The predicted octanol–water partition coefficient (Wildman–Crippen LogP) is 6.60. The van der Waals surface area contributed by atoms with Crippen LogP contribution in [0.5, 0.6) is 0 Å². The van der Waals surface area contributed by atoms with Crippen molar-refractivity contribution in [3.63, 3.8) is 0 Å². The van der Waals surface area contributed by atoms with Gasteiger partial charge in [0, 0.05) is 28.5 Å². The minimum atomic E-state index is -0.482. The lowest BCUT2D eigenvalue weighted by atomic mass is 10.0. The molecule has 0 aliphatic carbocycles. The summed E-state index contributed by atoms with van der Waals surface area (Å²) in [6.45, 7) is 16.1. The highest BCUT2D eigenvalue weighted by Gasteiger charge is 2.38. The number of anilines is 1. The van der Waals surface area contributed by atoms with Crippen LogP contribution in [0, 0.1) is 41.5 Å². The topological polar surface area (TPSA) is 51.5 Å². The number of amides is 1. The van der Waals surface area contributed by atoms with Crippen LogP contribution in [0.1, 0.15) is 53.1 Å². The van der Waals surface area contributed by atoms with E-state index in [4.69, 9.17) is 4.74 Å². The van der Waals surface area contributed by atoms with Crippen molar-refractivity contribution in [2.45, 2.75) is 55.4 Å². The van der Waals surface area contributed by atoms with Crippen LogP contribution in [0.3, 0.4) is 0 Å². The second kappa shape index (κ2) is 9.65. The van der Waals surface area contributed by atoms with Gasteiger partial charge in [0.25, 0.3) is 5.91 Å². The number of carbonyl (C=O) groups is 2. The van der Waals surface area contributed by atoms with Crippen molar-refractivity contribution in [3.05, 3.63) is 98.5 Å². The van der Waals surface area contributed by atoms with E-state index >= 15 is 0 Å². The molecule has 0 spiro atoms. The molecular formula is C31H34N2O3. The average Bonchev–Trinajstić information content (AvgIpc) is 3.21. The first kappa shape index (κ1) is 25.2. The van der Waals surface area contributed by atoms with Crippen molar-refractivity contribution >= 4 is 23.6 Å². The lowest BCUT2D eigenvalue weighted by Crippen LogP contribution is -2.24. The van der Waals surface area contributed by atoms with Crippen molar-refractivity contribution in [1.29, 1.82) is 0 Å². The first-order valence-corrected chi connectivity index (χ1v) is 12.3. The third kappa shape index (κ3) is 4.41. The number of benzene rings is 2. The number of aryl methyl sites for hydroxylation is 5. The van der Waals surface area contributed by atoms with Gasteiger partial charge in [0.15, 0.2) is 0 Å². The molecule has 0 saturated carbocycles. The molecule has 0 bridgehead atoms. The van der Waals surface area contributed by atoms with E-state index in [-0.39, 0.29) is 12.5 Å². The first-order chi connectivity index (χ1) is 17.0. The van der Waals surface area contributed by atoms with E-state index in [0.29, 0.717) is 16.8 Å². The van der Waals surface area contributed by atoms with Gasteiger partial charge < -0.3 is 9.30 Å². The van der Waals surface area contributed by atoms with Gasteiger partial charge in [0.2, 0.25) is 0 Å². The van der Waals surface area contributed by atoms with Crippen LogP contribution in [0.2, 0.25) is 0 Å². The summed E-state index contributed by atoms with van der Waals surface area (Å²) in [7, 11) is 0. The fourth-order valence-corrected chi connectivity index (χ4v) is 5.02. The van der Waals surface area contributed by atoms with Gasteiger partial charge in [0.1, 0.15) is 0 Å². The fourth-order valence-electron chi connectivity index (χ4n) is 5.02. The van der Waals surface area contributed by atoms with E-state index in [1.165, 1.54) is 11.1 Å². The van der Waals surface area contributed by atoms with Gasteiger partial charge in [-0.25, -0.2) is 4.79 Å². The molecule has 0 atom stereocenters. The van der Waals surface area contributed by atoms with Crippen molar-refractivity contribution in [2.24, 2.45) is 0 Å². The minimum Gasteiger partial charge on any atom is -0.462 e. The highest BCUT2D eigenvalue weighted by atomic mass is 16.5. The van der Waals surface area contributed by atoms with E-state index in [1.54, 1.807) is 18.7 Å². The van der Waals surface area contributed by atoms with Crippen LogP contribution >= 0.6 is 0 Å². The average molecular weight is 483 g/mol. The van der Waals surface area contributed by atoms with Gasteiger partial charge in [0.05, 0.1) is 17.8 Å². The second-order valence-electron chi connectivity index (χ2n) is 9.66. The van der Waals surface area contributed by atoms with Gasteiger partial charge in [-0.1, -0.05) is 12.1 Å². The predicted molar refractivity (Wildman–Crippen MR) is 145 cm³/mol. The summed E-state index contributed by atoms with van der Waals surface area (Å²) >= 11 is 0. The summed E-state index contributed by atoms with van der Waals surface area (Å²) in [5.74, 6) is -0.709. The second-order valence-corrected chi connectivity index (χ2v) is 9.66. The van der Waals surface area contributed by atoms with Crippen LogP contribution in [0.15, 0.2) is 59.3 Å². The van der Waals surface area contributed by atoms with Crippen LogP contribution in [0.4, 0.5) is 5.69 Å². The Labute approximate surface area is 213 Å². The smallest absolute Gasteiger partial charge is 0.340 e. The van der Waals surface area contributed by atoms with Crippen molar-refractivity contribution < 1.29 is 14.3 Å². The van der Waals surface area contributed by atoms with Gasteiger partial charge in [-0.15, -0.1) is 0 Å². The van der Waals surface area contributed by atoms with Crippen molar-refractivity contribution in [1.82, 2.24) is 4.57 Å². The Bertz CT molecular complexity index is 1430. The molecule has 0 unspecified atom stereocenters. The zero-order valence-corrected chi connectivity index (χ0v) is 22.4. The fraction of sp³-hybridized carbons (Fsp3) is 0.290. The number of rotatable bonds is 5. The maximum Gasteiger partial charge on any atom is 0.340 e.